The predicted molar refractivity (Wildman–Crippen MR) is 116 cm³/mol. The zero-order valence-electron chi connectivity index (χ0n) is 15.3. The largest absolute Gasteiger partial charge is 0.480 e. The van der Waals surface area contributed by atoms with Gasteiger partial charge in [-0.2, -0.15) is 37.9 Å². The molecule has 0 aliphatic heterocycles. The molecule has 162 valence electrons. The molecular formula is C15H29N5O5S3. The van der Waals surface area contributed by atoms with Crippen molar-refractivity contribution >= 4 is 61.6 Å². The maximum absolute atomic E-state index is 12.5. The second-order valence-electron chi connectivity index (χ2n) is 5.96. The Bertz CT molecular complexity index is 540. The molecule has 8 N–H and O–H groups in total. The van der Waals surface area contributed by atoms with Crippen LogP contribution in [0.25, 0.3) is 0 Å². The van der Waals surface area contributed by atoms with Crippen LogP contribution in [0.2, 0.25) is 0 Å². The van der Waals surface area contributed by atoms with Crippen molar-refractivity contribution in [3.8, 4) is 0 Å². The third-order valence-corrected chi connectivity index (χ3v) is 4.85. The number of nitrogens with one attached hydrogen (secondary N) is 3. The average molecular weight is 456 g/mol. The molecule has 0 fully saturated rings. The highest BCUT2D eigenvalue weighted by Crippen LogP contribution is 2.04. The maximum atomic E-state index is 12.5. The Morgan fingerprint density at radius 1 is 0.786 bits per heavy atom. The number of hydrogen-bond acceptors (Lipinski definition) is 9. The van der Waals surface area contributed by atoms with E-state index >= 15 is 0 Å². The smallest absolute Gasteiger partial charge is 0.327 e. The van der Waals surface area contributed by atoms with Gasteiger partial charge in [0, 0.05) is 17.3 Å². The molecule has 0 aromatic carbocycles. The number of thiol groups is 3. The summed E-state index contributed by atoms with van der Waals surface area (Å²) in [5, 5.41) is 16.3. The van der Waals surface area contributed by atoms with Crippen molar-refractivity contribution in [1.82, 2.24) is 16.0 Å². The molecule has 13 heteroatoms. The van der Waals surface area contributed by atoms with E-state index < -0.39 is 47.9 Å². The summed E-state index contributed by atoms with van der Waals surface area (Å²) < 4.78 is 0. The van der Waals surface area contributed by atoms with Crippen LogP contribution in [0.15, 0.2) is 0 Å². The third kappa shape index (κ3) is 9.87. The SMILES string of the molecule is NCCCCC(NC(=O)C(CS)NC(=O)C(N)CS)C(=O)NC(CS)C(=O)O. The van der Waals surface area contributed by atoms with Crippen LogP contribution in [0.1, 0.15) is 19.3 Å². The number of unbranched alkanes of at least 4 members (excludes halogenated alkanes) is 1. The Kier molecular flexibility index (Phi) is 14.2. The molecule has 0 aliphatic carbocycles. The van der Waals surface area contributed by atoms with Gasteiger partial charge in [0.1, 0.15) is 18.1 Å². The lowest BCUT2D eigenvalue weighted by Crippen LogP contribution is -2.58. The third-order valence-electron chi connectivity index (χ3n) is 3.73. The normalized spacial score (nSPS) is 15.0. The Hall–Kier alpha value is -1.15. The summed E-state index contributed by atoms with van der Waals surface area (Å²) in [6.45, 7) is 0.410. The standard InChI is InChI=1S/C15H29N5O5S3/c16-4-2-1-3-9(13(22)20-11(7-28)15(24)25)18-14(23)10(6-27)19-12(21)8(17)5-26/h8-11,26-28H,1-7,16-17H2,(H,18,23)(H,19,21)(H,20,22)(H,24,25). The number of aliphatic carboxylic acids is 1. The molecule has 0 aromatic rings. The summed E-state index contributed by atoms with van der Waals surface area (Å²) >= 11 is 11.9. The predicted octanol–water partition coefficient (Wildman–Crippen LogP) is -2.23. The first-order chi connectivity index (χ1) is 13.2. The monoisotopic (exact) mass is 455 g/mol. The van der Waals surface area contributed by atoms with Crippen molar-refractivity contribution < 1.29 is 24.3 Å². The van der Waals surface area contributed by atoms with E-state index in [1.165, 1.54) is 0 Å². The number of carbonyl (C=O) groups excluding carboxylic acids is 3. The molecule has 0 aliphatic rings. The molecule has 0 aromatic heterocycles. The van der Waals surface area contributed by atoms with E-state index in [4.69, 9.17) is 16.6 Å². The van der Waals surface area contributed by atoms with Crippen LogP contribution in [0, 0.1) is 0 Å². The van der Waals surface area contributed by atoms with E-state index in [-0.39, 0.29) is 23.7 Å². The molecule has 4 unspecified atom stereocenters. The van der Waals surface area contributed by atoms with Crippen LogP contribution >= 0.6 is 37.9 Å². The van der Waals surface area contributed by atoms with Crippen molar-refractivity contribution in [3.63, 3.8) is 0 Å². The van der Waals surface area contributed by atoms with Gasteiger partial charge in [-0.15, -0.1) is 0 Å². The van der Waals surface area contributed by atoms with Crippen molar-refractivity contribution in [2.45, 2.75) is 43.4 Å². The van der Waals surface area contributed by atoms with Crippen LogP contribution in [0.4, 0.5) is 0 Å². The minimum Gasteiger partial charge on any atom is -0.480 e. The lowest BCUT2D eigenvalue weighted by molar-refractivity contribution is -0.141. The van der Waals surface area contributed by atoms with Crippen LogP contribution < -0.4 is 27.4 Å². The second-order valence-corrected chi connectivity index (χ2v) is 7.06. The van der Waals surface area contributed by atoms with Crippen molar-refractivity contribution in [3.05, 3.63) is 0 Å². The number of rotatable bonds is 14. The van der Waals surface area contributed by atoms with Crippen LogP contribution in [0.3, 0.4) is 0 Å². The fraction of sp³-hybridized carbons (Fsp3) is 0.733. The first-order valence-corrected chi connectivity index (χ1v) is 10.5. The molecular weight excluding hydrogens is 426 g/mol. The van der Waals surface area contributed by atoms with E-state index in [0.29, 0.717) is 19.4 Å². The zero-order chi connectivity index (χ0) is 21.7. The highest BCUT2D eigenvalue weighted by atomic mass is 32.1. The summed E-state index contributed by atoms with van der Waals surface area (Å²) in [6.07, 6.45) is 1.41. The van der Waals surface area contributed by atoms with Gasteiger partial charge >= 0.3 is 5.97 Å². The van der Waals surface area contributed by atoms with Gasteiger partial charge in [-0.3, -0.25) is 14.4 Å². The van der Waals surface area contributed by atoms with Crippen LogP contribution in [-0.4, -0.2) is 76.8 Å². The molecule has 28 heavy (non-hydrogen) atoms. The molecule has 0 saturated heterocycles. The fourth-order valence-electron chi connectivity index (χ4n) is 2.05. The van der Waals surface area contributed by atoms with Gasteiger partial charge in [0.05, 0.1) is 6.04 Å². The summed E-state index contributed by atoms with van der Waals surface area (Å²) in [5.41, 5.74) is 11.0. The van der Waals surface area contributed by atoms with E-state index in [2.05, 4.69) is 53.8 Å². The number of hydrogen-bond donors (Lipinski definition) is 9. The molecule has 3 amide bonds. The van der Waals surface area contributed by atoms with Crippen molar-refractivity contribution in [1.29, 1.82) is 0 Å². The van der Waals surface area contributed by atoms with E-state index in [9.17, 15) is 19.2 Å². The van der Waals surface area contributed by atoms with Crippen molar-refractivity contribution in [2.75, 3.05) is 23.8 Å². The Balaban J connectivity index is 5.12. The maximum Gasteiger partial charge on any atom is 0.327 e. The molecule has 0 heterocycles. The summed E-state index contributed by atoms with van der Waals surface area (Å²) in [6, 6.07) is -4.11. The first kappa shape index (κ1) is 26.9. The summed E-state index contributed by atoms with van der Waals surface area (Å²) in [5.74, 6) is -3.16. The van der Waals surface area contributed by atoms with Gasteiger partial charge in [0.25, 0.3) is 0 Å². The highest BCUT2D eigenvalue weighted by Gasteiger charge is 2.29. The molecule has 0 radical (unpaired) electrons. The lowest BCUT2D eigenvalue weighted by atomic mass is 10.1. The Morgan fingerprint density at radius 3 is 1.75 bits per heavy atom. The summed E-state index contributed by atoms with van der Waals surface area (Å²) in [7, 11) is 0. The Morgan fingerprint density at radius 2 is 1.29 bits per heavy atom. The number of carbonyl (C=O) groups is 4. The van der Waals surface area contributed by atoms with Gasteiger partial charge in [-0.05, 0) is 25.8 Å². The molecule has 0 spiro atoms. The zero-order valence-corrected chi connectivity index (χ0v) is 18.0. The van der Waals surface area contributed by atoms with Crippen LogP contribution in [0.5, 0.6) is 0 Å². The number of amides is 3. The molecule has 0 rings (SSSR count). The van der Waals surface area contributed by atoms with Crippen LogP contribution in [-0.2, 0) is 19.2 Å². The molecule has 10 nitrogen and oxygen atoms in total. The Labute approximate surface area is 180 Å². The molecule has 0 bridgehead atoms. The summed E-state index contributed by atoms with van der Waals surface area (Å²) in [4.78, 5) is 47.9. The first-order valence-electron chi connectivity index (χ1n) is 8.63. The minimum atomic E-state index is -1.24. The van der Waals surface area contributed by atoms with Gasteiger partial charge in [0.2, 0.25) is 17.7 Å². The van der Waals surface area contributed by atoms with Gasteiger partial charge in [-0.25, -0.2) is 4.79 Å². The average Bonchev–Trinajstić information content (AvgIpc) is 2.67. The molecule has 4 atom stereocenters. The number of carboxylic acids is 1. The number of carboxylic acid groups (broad SMARTS) is 1. The topological polar surface area (TPSA) is 177 Å². The van der Waals surface area contributed by atoms with E-state index in [1.807, 2.05) is 0 Å². The van der Waals surface area contributed by atoms with Gasteiger partial charge < -0.3 is 32.5 Å². The fourth-order valence-corrected chi connectivity index (χ4v) is 2.72. The van der Waals surface area contributed by atoms with E-state index in [1.54, 1.807) is 0 Å². The second kappa shape index (κ2) is 14.8. The molecule has 0 saturated carbocycles. The highest BCUT2D eigenvalue weighted by molar-refractivity contribution is 7.80. The van der Waals surface area contributed by atoms with Gasteiger partial charge in [-0.1, -0.05) is 0 Å². The quantitative estimate of drug-likeness (QED) is 0.105. The minimum absolute atomic E-state index is 0.0254. The van der Waals surface area contributed by atoms with Crippen molar-refractivity contribution in [2.24, 2.45) is 11.5 Å². The van der Waals surface area contributed by atoms with Gasteiger partial charge in [0.15, 0.2) is 0 Å². The lowest BCUT2D eigenvalue weighted by Gasteiger charge is -2.24. The number of nitrogens with two attached hydrogens (primary N) is 2. The van der Waals surface area contributed by atoms with E-state index in [0.717, 1.165) is 0 Å².